The average Bonchev–Trinajstić information content (AvgIpc) is 2.36. The zero-order valence-corrected chi connectivity index (χ0v) is 14.8. The van der Waals surface area contributed by atoms with Crippen molar-refractivity contribution in [1.29, 1.82) is 0 Å². The minimum atomic E-state index is -3.18. The van der Waals surface area contributed by atoms with Gasteiger partial charge in [-0.25, -0.2) is 8.42 Å². The van der Waals surface area contributed by atoms with Gasteiger partial charge in [-0.15, -0.1) is 0 Å². The van der Waals surface area contributed by atoms with E-state index in [0.717, 1.165) is 25.7 Å². The second-order valence-corrected chi connectivity index (χ2v) is 10.8. The summed E-state index contributed by atoms with van der Waals surface area (Å²) in [7, 11) is -3.18. The van der Waals surface area contributed by atoms with Crippen LogP contribution in [0.15, 0.2) is 0 Å². The molecule has 0 spiro atoms. The number of nitrogens with one attached hydrogen (secondary N) is 1. The summed E-state index contributed by atoms with van der Waals surface area (Å²) in [5.41, 5.74) is 6.24. The van der Waals surface area contributed by atoms with Crippen LogP contribution in [0.5, 0.6) is 0 Å². The van der Waals surface area contributed by atoms with E-state index in [9.17, 15) is 13.2 Å². The van der Waals surface area contributed by atoms with E-state index in [-0.39, 0.29) is 30.2 Å². The number of carbonyl (C=O) groups excluding carboxylic acids is 1. The van der Waals surface area contributed by atoms with Crippen molar-refractivity contribution in [3.63, 3.8) is 0 Å². The molecule has 3 N–H and O–H groups in total. The molecule has 2 fully saturated rings. The SMILES string of the molecule is CC(C)(C)S(=O)(=O)CCNC(=O)C1CC2CCCC(C1)C2N. The van der Waals surface area contributed by atoms with Crippen molar-refractivity contribution in [3.05, 3.63) is 0 Å². The molecule has 2 rings (SSSR count). The second-order valence-electron chi connectivity index (χ2n) is 7.92. The maximum absolute atomic E-state index is 12.3. The zero-order chi connectivity index (χ0) is 16.5. The Labute approximate surface area is 134 Å². The quantitative estimate of drug-likeness (QED) is 0.817. The van der Waals surface area contributed by atoms with Crippen LogP contribution in [0.1, 0.15) is 52.9 Å². The van der Waals surface area contributed by atoms with Crippen LogP contribution in [-0.4, -0.2) is 37.4 Å². The van der Waals surface area contributed by atoms with Crippen LogP contribution in [0.3, 0.4) is 0 Å². The molecule has 6 heteroatoms. The largest absolute Gasteiger partial charge is 0.355 e. The van der Waals surface area contributed by atoms with Crippen LogP contribution in [0, 0.1) is 17.8 Å². The Bertz CT molecular complexity index is 496. The van der Waals surface area contributed by atoms with Gasteiger partial charge in [-0.1, -0.05) is 6.42 Å². The maximum Gasteiger partial charge on any atom is 0.223 e. The standard InChI is InChI=1S/C16H30N2O3S/c1-16(2,3)22(20,21)8-7-18-15(19)13-9-11-5-4-6-12(10-13)14(11)17/h11-14H,4-10,17H2,1-3H3,(H,18,19). The minimum Gasteiger partial charge on any atom is -0.355 e. The van der Waals surface area contributed by atoms with Gasteiger partial charge in [0.25, 0.3) is 0 Å². The molecule has 2 aliphatic rings. The predicted molar refractivity (Wildman–Crippen MR) is 88.1 cm³/mol. The summed E-state index contributed by atoms with van der Waals surface area (Å²) in [4.78, 5) is 12.3. The Morgan fingerprint density at radius 2 is 1.73 bits per heavy atom. The normalized spacial score (nSPS) is 32.5. The lowest BCUT2D eigenvalue weighted by molar-refractivity contribution is -0.127. The molecule has 2 bridgehead atoms. The van der Waals surface area contributed by atoms with E-state index < -0.39 is 14.6 Å². The lowest BCUT2D eigenvalue weighted by atomic mass is 9.65. The van der Waals surface area contributed by atoms with E-state index >= 15 is 0 Å². The fourth-order valence-electron chi connectivity index (χ4n) is 3.76. The number of fused-ring (bicyclic) bond motifs is 2. The molecular formula is C16H30N2O3S. The van der Waals surface area contributed by atoms with Gasteiger partial charge in [-0.2, -0.15) is 0 Å². The molecule has 128 valence electrons. The fourth-order valence-corrected chi connectivity index (χ4v) is 4.75. The number of amides is 1. The van der Waals surface area contributed by atoms with Crippen molar-refractivity contribution in [1.82, 2.24) is 5.32 Å². The summed E-state index contributed by atoms with van der Waals surface area (Å²) >= 11 is 0. The Morgan fingerprint density at radius 1 is 1.18 bits per heavy atom. The van der Waals surface area contributed by atoms with E-state index in [1.807, 2.05) is 0 Å². The molecule has 2 saturated carbocycles. The Morgan fingerprint density at radius 3 is 2.23 bits per heavy atom. The third-order valence-electron chi connectivity index (χ3n) is 5.39. The van der Waals surface area contributed by atoms with Crippen LogP contribution >= 0.6 is 0 Å². The highest BCUT2D eigenvalue weighted by Crippen LogP contribution is 2.41. The molecule has 0 aliphatic heterocycles. The first-order chi connectivity index (χ1) is 10.1. The molecule has 5 nitrogen and oxygen atoms in total. The van der Waals surface area contributed by atoms with Gasteiger partial charge in [0.15, 0.2) is 9.84 Å². The van der Waals surface area contributed by atoms with Gasteiger partial charge >= 0.3 is 0 Å². The molecule has 2 aliphatic carbocycles. The highest BCUT2D eigenvalue weighted by Gasteiger charge is 2.40. The molecule has 22 heavy (non-hydrogen) atoms. The Hall–Kier alpha value is -0.620. The van der Waals surface area contributed by atoms with Crippen LogP contribution in [0.2, 0.25) is 0 Å². The van der Waals surface area contributed by atoms with Gasteiger partial charge in [0, 0.05) is 18.5 Å². The summed E-state index contributed by atoms with van der Waals surface area (Å²) in [6.45, 7) is 5.27. The third-order valence-corrected chi connectivity index (χ3v) is 7.99. The van der Waals surface area contributed by atoms with Gasteiger partial charge in [-0.3, -0.25) is 4.79 Å². The van der Waals surface area contributed by atoms with E-state index in [1.165, 1.54) is 6.42 Å². The summed E-state index contributed by atoms with van der Waals surface area (Å²) in [5, 5.41) is 2.83. The van der Waals surface area contributed by atoms with Crippen LogP contribution in [0.25, 0.3) is 0 Å². The Kier molecular flexibility index (Phi) is 5.22. The summed E-state index contributed by atoms with van der Waals surface area (Å²) in [6.07, 6.45) is 5.19. The van der Waals surface area contributed by atoms with Crippen molar-refractivity contribution < 1.29 is 13.2 Å². The lowest BCUT2D eigenvalue weighted by Crippen LogP contribution is -2.49. The van der Waals surface area contributed by atoms with Gasteiger partial charge in [0.2, 0.25) is 5.91 Å². The van der Waals surface area contributed by atoms with Crippen LogP contribution in [-0.2, 0) is 14.6 Å². The third kappa shape index (κ3) is 3.82. The molecule has 2 atom stereocenters. The molecule has 0 heterocycles. The predicted octanol–water partition coefficient (Wildman–Crippen LogP) is 1.47. The maximum atomic E-state index is 12.3. The molecule has 1 amide bonds. The van der Waals surface area contributed by atoms with Crippen molar-refractivity contribution in [2.75, 3.05) is 12.3 Å². The molecule has 0 aromatic rings. The zero-order valence-electron chi connectivity index (χ0n) is 14.0. The summed E-state index contributed by atoms with van der Waals surface area (Å²) in [5.74, 6) is 0.935. The number of carbonyl (C=O) groups is 1. The molecule has 0 saturated heterocycles. The highest BCUT2D eigenvalue weighted by molar-refractivity contribution is 7.92. The van der Waals surface area contributed by atoms with E-state index in [1.54, 1.807) is 20.8 Å². The minimum absolute atomic E-state index is 0.00132. The molecular weight excluding hydrogens is 300 g/mol. The topological polar surface area (TPSA) is 89.3 Å². The number of nitrogens with two attached hydrogens (primary N) is 1. The Balaban J connectivity index is 1.84. The van der Waals surface area contributed by atoms with E-state index in [2.05, 4.69) is 5.32 Å². The summed E-state index contributed by atoms with van der Waals surface area (Å²) in [6, 6.07) is 0.249. The lowest BCUT2D eigenvalue weighted by Gasteiger charge is -2.43. The van der Waals surface area contributed by atoms with Crippen molar-refractivity contribution in [2.45, 2.75) is 63.7 Å². The van der Waals surface area contributed by atoms with E-state index in [0.29, 0.717) is 11.8 Å². The number of rotatable bonds is 4. The fraction of sp³-hybridized carbons (Fsp3) is 0.938. The average molecular weight is 330 g/mol. The smallest absolute Gasteiger partial charge is 0.223 e. The van der Waals surface area contributed by atoms with Crippen molar-refractivity contribution in [2.24, 2.45) is 23.5 Å². The molecule has 0 aromatic heterocycles. The van der Waals surface area contributed by atoms with E-state index in [4.69, 9.17) is 5.73 Å². The van der Waals surface area contributed by atoms with Crippen molar-refractivity contribution in [3.8, 4) is 0 Å². The number of sulfone groups is 1. The summed E-state index contributed by atoms with van der Waals surface area (Å²) < 4.78 is 23.3. The first-order valence-electron chi connectivity index (χ1n) is 8.37. The van der Waals surface area contributed by atoms with Crippen molar-refractivity contribution >= 4 is 15.7 Å². The van der Waals surface area contributed by atoms with Gasteiger partial charge in [-0.05, 0) is 58.3 Å². The first-order valence-corrected chi connectivity index (χ1v) is 10.0. The van der Waals surface area contributed by atoms with Gasteiger partial charge in [0.1, 0.15) is 0 Å². The molecule has 2 unspecified atom stereocenters. The van der Waals surface area contributed by atoms with Gasteiger partial charge in [0.05, 0.1) is 10.5 Å². The number of hydrogen-bond donors (Lipinski definition) is 2. The molecule has 0 aromatic carbocycles. The first kappa shape index (κ1) is 17.7. The van der Waals surface area contributed by atoms with Crippen LogP contribution in [0.4, 0.5) is 0 Å². The monoisotopic (exact) mass is 330 g/mol. The molecule has 0 radical (unpaired) electrons. The highest BCUT2D eigenvalue weighted by atomic mass is 32.2. The van der Waals surface area contributed by atoms with Gasteiger partial charge < -0.3 is 11.1 Å². The second kappa shape index (κ2) is 6.48. The van der Waals surface area contributed by atoms with Crippen LogP contribution < -0.4 is 11.1 Å². The number of hydrogen-bond acceptors (Lipinski definition) is 4.